The lowest BCUT2D eigenvalue weighted by Crippen LogP contribution is -2.30. The Morgan fingerprint density at radius 2 is 1.85 bits per heavy atom. The molecule has 6 heteroatoms. The summed E-state index contributed by atoms with van der Waals surface area (Å²) in [4.78, 5) is 0. The summed E-state index contributed by atoms with van der Waals surface area (Å²) in [7, 11) is 0. The van der Waals surface area contributed by atoms with Gasteiger partial charge in [-0.1, -0.05) is 29.8 Å². The van der Waals surface area contributed by atoms with Crippen molar-refractivity contribution in [3.63, 3.8) is 0 Å². The van der Waals surface area contributed by atoms with Gasteiger partial charge in [-0.05, 0) is 35.7 Å². The predicted molar refractivity (Wildman–Crippen MR) is 71.5 cm³/mol. The normalized spacial score (nSPS) is 12.4. The van der Waals surface area contributed by atoms with Crippen LogP contribution in [0.1, 0.15) is 17.2 Å². The molecule has 1 atom stereocenters. The molecule has 0 heterocycles. The van der Waals surface area contributed by atoms with Gasteiger partial charge in [0.1, 0.15) is 5.82 Å². The highest BCUT2D eigenvalue weighted by Crippen LogP contribution is 2.24. The van der Waals surface area contributed by atoms with Gasteiger partial charge in [0.2, 0.25) is 0 Å². The van der Waals surface area contributed by atoms with E-state index in [1.807, 2.05) is 0 Å². The number of benzene rings is 2. The monoisotopic (exact) mass is 300 g/mol. The summed E-state index contributed by atoms with van der Waals surface area (Å²) in [6.45, 7) is 0. The minimum absolute atomic E-state index is 0.0533. The number of nitrogens with two attached hydrogens (primary N) is 1. The lowest BCUT2D eigenvalue weighted by atomic mass is 9.99. The van der Waals surface area contributed by atoms with Crippen LogP contribution in [0.3, 0.4) is 0 Å². The Bertz CT molecular complexity index is 619. The Hall–Kier alpha value is -1.56. The average molecular weight is 301 g/mol. The van der Waals surface area contributed by atoms with Gasteiger partial charge in [0, 0.05) is 0 Å². The van der Waals surface area contributed by atoms with Crippen LogP contribution >= 0.6 is 11.6 Å². The number of rotatable bonds is 4. The molecular formula is C14H12ClF3N2. The van der Waals surface area contributed by atoms with Crippen LogP contribution < -0.4 is 11.3 Å². The van der Waals surface area contributed by atoms with E-state index in [1.54, 1.807) is 0 Å². The second-order valence-corrected chi connectivity index (χ2v) is 4.72. The van der Waals surface area contributed by atoms with E-state index in [0.29, 0.717) is 5.56 Å². The van der Waals surface area contributed by atoms with E-state index in [0.717, 1.165) is 6.07 Å². The molecule has 0 saturated heterocycles. The van der Waals surface area contributed by atoms with Crippen LogP contribution in [0, 0.1) is 17.5 Å². The molecule has 3 N–H and O–H groups in total. The average Bonchev–Trinajstić information content (AvgIpc) is 2.44. The molecule has 2 aromatic carbocycles. The number of hydrogen-bond donors (Lipinski definition) is 2. The molecule has 2 nitrogen and oxygen atoms in total. The van der Waals surface area contributed by atoms with Crippen molar-refractivity contribution >= 4 is 11.6 Å². The van der Waals surface area contributed by atoms with Gasteiger partial charge in [-0.15, -0.1) is 0 Å². The molecule has 0 spiro atoms. The van der Waals surface area contributed by atoms with Crippen LogP contribution in [-0.2, 0) is 6.42 Å². The van der Waals surface area contributed by atoms with E-state index < -0.39 is 23.5 Å². The molecule has 20 heavy (non-hydrogen) atoms. The highest BCUT2D eigenvalue weighted by Gasteiger charge is 2.16. The largest absolute Gasteiger partial charge is 0.271 e. The molecule has 0 aromatic heterocycles. The maximum Gasteiger partial charge on any atom is 0.162 e. The Morgan fingerprint density at radius 3 is 2.50 bits per heavy atom. The third kappa shape index (κ3) is 3.12. The van der Waals surface area contributed by atoms with Crippen molar-refractivity contribution in [3.8, 4) is 0 Å². The minimum Gasteiger partial charge on any atom is -0.271 e. The summed E-state index contributed by atoms with van der Waals surface area (Å²) in [6.07, 6.45) is 0.113. The van der Waals surface area contributed by atoms with Crippen molar-refractivity contribution in [2.24, 2.45) is 5.84 Å². The molecule has 0 radical (unpaired) electrons. The van der Waals surface area contributed by atoms with Crippen molar-refractivity contribution in [1.82, 2.24) is 5.43 Å². The first-order valence-corrected chi connectivity index (χ1v) is 6.24. The summed E-state index contributed by atoms with van der Waals surface area (Å²) in [5.41, 5.74) is 3.25. The van der Waals surface area contributed by atoms with Crippen LogP contribution in [-0.4, -0.2) is 0 Å². The number of halogens is 4. The molecule has 106 valence electrons. The summed E-state index contributed by atoms with van der Waals surface area (Å²) in [5.74, 6) is 3.04. The van der Waals surface area contributed by atoms with Gasteiger partial charge in [0.05, 0.1) is 11.1 Å². The quantitative estimate of drug-likeness (QED) is 0.670. The van der Waals surface area contributed by atoms with E-state index in [1.165, 1.54) is 30.3 Å². The first kappa shape index (κ1) is 14.8. The summed E-state index contributed by atoms with van der Waals surface area (Å²) < 4.78 is 39.9. The van der Waals surface area contributed by atoms with Gasteiger partial charge in [-0.2, -0.15) is 0 Å². The van der Waals surface area contributed by atoms with E-state index >= 15 is 0 Å². The Labute approximate surface area is 119 Å². The van der Waals surface area contributed by atoms with Gasteiger partial charge in [-0.3, -0.25) is 11.3 Å². The van der Waals surface area contributed by atoms with E-state index in [4.69, 9.17) is 17.4 Å². The molecule has 0 aliphatic heterocycles. The van der Waals surface area contributed by atoms with Crippen LogP contribution in [0.5, 0.6) is 0 Å². The Kier molecular flexibility index (Phi) is 4.65. The van der Waals surface area contributed by atoms with Crippen LogP contribution in [0.2, 0.25) is 5.02 Å². The molecular weight excluding hydrogens is 289 g/mol. The standard InChI is InChI=1S/C14H12ClF3N2/c15-10-6-8(4-5-11(10)16)13(20-19)7-9-2-1-3-12(17)14(9)18/h1-6,13,20H,7,19H2. The van der Waals surface area contributed by atoms with E-state index in [9.17, 15) is 13.2 Å². The maximum atomic E-state index is 13.6. The number of nitrogens with one attached hydrogen (secondary N) is 1. The van der Waals surface area contributed by atoms with Crippen LogP contribution in [0.15, 0.2) is 36.4 Å². The molecule has 0 fully saturated rings. The van der Waals surface area contributed by atoms with Gasteiger partial charge in [-0.25, -0.2) is 13.2 Å². The smallest absolute Gasteiger partial charge is 0.162 e. The van der Waals surface area contributed by atoms with Gasteiger partial charge >= 0.3 is 0 Å². The zero-order valence-corrected chi connectivity index (χ0v) is 11.1. The third-order valence-electron chi connectivity index (χ3n) is 3.00. The number of hydrazine groups is 1. The second-order valence-electron chi connectivity index (χ2n) is 4.31. The van der Waals surface area contributed by atoms with Crippen LogP contribution in [0.25, 0.3) is 0 Å². The van der Waals surface area contributed by atoms with Gasteiger partial charge in [0.25, 0.3) is 0 Å². The van der Waals surface area contributed by atoms with Crippen molar-refractivity contribution in [1.29, 1.82) is 0 Å². The van der Waals surface area contributed by atoms with Gasteiger partial charge in [0.15, 0.2) is 11.6 Å². The second kappa shape index (κ2) is 6.26. The maximum absolute atomic E-state index is 13.6. The highest BCUT2D eigenvalue weighted by molar-refractivity contribution is 6.30. The van der Waals surface area contributed by atoms with Crippen LogP contribution in [0.4, 0.5) is 13.2 Å². The zero-order chi connectivity index (χ0) is 14.7. The highest BCUT2D eigenvalue weighted by atomic mass is 35.5. The molecule has 1 unspecified atom stereocenters. The molecule has 2 rings (SSSR count). The lowest BCUT2D eigenvalue weighted by Gasteiger charge is -2.17. The molecule has 0 amide bonds. The molecule has 0 aliphatic carbocycles. The zero-order valence-electron chi connectivity index (χ0n) is 10.3. The van der Waals surface area contributed by atoms with Crippen molar-refractivity contribution < 1.29 is 13.2 Å². The summed E-state index contributed by atoms with van der Waals surface area (Å²) in [5, 5.41) is -0.0533. The third-order valence-corrected chi connectivity index (χ3v) is 3.29. The van der Waals surface area contributed by atoms with E-state index in [2.05, 4.69) is 5.43 Å². The molecule has 0 bridgehead atoms. The minimum atomic E-state index is -0.921. The predicted octanol–water partition coefficient (Wildman–Crippen LogP) is 3.50. The lowest BCUT2D eigenvalue weighted by molar-refractivity contribution is 0.481. The fourth-order valence-electron chi connectivity index (χ4n) is 1.93. The summed E-state index contributed by atoms with van der Waals surface area (Å²) >= 11 is 5.70. The van der Waals surface area contributed by atoms with Crippen molar-refractivity contribution in [2.45, 2.75) is 12.5 Å². The van der Waals surface area contributed by atoms with Crippen molar-refractivity contribution in [2.75, 3.05) is 0 Å². The Morgan fingerprint density at radius 1 is 1.10 bits per heavy atom. The fourth-order valence-corrected chi connectivity index (χ4v) is 2.12. The molecule has 0 saturated carbocycles. The van der Waals surface area contributed by atoms with Crippen molar-refractivity contribution in [3.05, 3.63) is 70.0 Å². The summed E-state index contributed by atoms with van der Waals surface area (Å²) in [6, 6.07) is 7.50. The SMILES string of the molecule is NNC(Cc1cccc(F)c1F)c1ccc(F)c(Cl)c1. The number of hydrogen-bond acceptors (Lipinski definition) is 2. The first-order valence-electron chi connectivity index (χ1n) is 5.87. The molecule has 2 aromatic rings. The Balaban J connectivity index is 2.28. The first-order chi connectivity index (χ1) is 9.52. The molecule has 0 aliphatic rings. The van der Waals surface area contributed by atoms with Gasteiger partial charge < -0.3 is 0 Å². The fraction of sp³-hybridized carbons (Fsp3) is 0.143. The topological polar surface area (TPSA) is 38.0 Å². The van der Waals surface area contributed by atoms with E-state index in [-0.39, 0.29) is 17.0 Å².